The third-order valence-electron chi connectivity index (χ3n) is 3.69. The van der Waals surface area contributed by atoms with Gasteiger partial charge in [0.1, 0.15) is 5.58 Å². The number of nitrogens with zero attached hydrogens (tertiary/aromatic N) is 2. The number of anilines is 1. The summed E-state index contributed by atoms with van der Waals surface area (Å²) in [5.41, 5.74) is 2.17. The second-order valence-corrected chi connectivity index (χ2v) is 6.26. The summed E-state index contributed by atoms with van der Waals surface area (Å²) in [5, 5.41) is 4.61. The molecule has 0 N–H and O–H groups in total. The van der Waals surface area contributed by atoms with Crippen molar-refractivity contribution in [3.05, 3.63) is 76.1 Å². The molecule has 0 saturated heterocycles. The van der Waals surface area contributed by atoms with Crippen LogP contribution in [0.1, 0.15) is 11.1 Å². The van der Waals surface area contributed by atoms with Gasteiger partial charge in [0.15, 0.2) is 5.84 Å². The van der Waals surface area contributed by atoms with Crippen LogP contribution in [0.15, 0.2) is 69.0 Å². The van der Waals surface area contributed by atoms with Gasteiger partial charge < -0.3 is 4.42 Å². The first-order chi connectivity index (χ1) is 11.6. The van der Waals surface area contributed by atoms with Crippen molar-refractivity contribution in [2.75, 3.05) is 4.31 Å². The van der Waals surface area contributed by atoms with Crippen molar-refractivity contribution >= 4 is 33.8 Å². The molecular formula is C17H12N2O4S. The van der Waals surface area contributed by atoms with E-state index in [1.165, 1.54) is 10.4 Å². The molecule has 4 rings (SSSR count). The number of fused-ring (bicyclic) bond motifs is 1. The zero-order valence-electron chi connectivity index (χ0n) is 12.6. The molecule has 0 saturated carbocycles. The third kappa shape index (κ3) is 2.39. The Morgan fingerprint density at radius 2 is 1.83 bits per heavy atom. The van der Waals surface area contributed by atoms with E-state index in [0.717, 1.165) is 5.56 Å². The highest BCUT2D eigenvalue weighted by atomic mass is 32.2. The van der Waals surface area contributed by atoms with E-state index in [1.54, 1.807) is 12.1 Å². The van der Waals surface area contributed by atoms with Crippen molar-refractivity contribution in [1.29, 1.82) is 0 Å². The van der Waals surface area contributed by atoms with Crippen molar-refractivity contribution in [2.45, 2.75) is 6.92 Å². The maximum atomic E-state index is 12.3. The second-order valence-electron chi connectivity index (χ2n) is 5.31. The van der Waals surface area contributed by atoms with Gasteiger partial charge in [0.25, 0.3) is 0 Å². The minimum atomic E-state index is -1.80. The van der Waals surface area contributed by atoms with E-state index in [4.69, 9.17) is 8.70 Å². The lowest BCUT2D eigenvalue weighted by Crippen LogP contribution is -2.29. The van der Waals surface area contributed by atoms with Gasteiger partial charge in [-0.15, -0.1) is 0 Å². The predicted molar refractivity (Wildman–Crippen MR) is 91.9 cm³/mol. The van der Waals surface area contributed by atoms with Gasteiger partial charge in [-0.25, -0.2) is 9.10 Å². The number of hydrogen-bond acceptors (Lipinski definition) is 5. The Hall–Kier alpha value is -2.93. The molecule has 0 aliphatic carbocycles. The molecule has 1 atom stereocenters. The quantitative estimate of drug-likeness (QED) is 0.673. The van der Waals surface area contributed by atoms with Crippen LogP contribution < -0.4 is 9.93 Å². The molecule has 3 aromatic rings. The second kappa shape index (κ2) is 5.61. The van der Waals surface area contributed by atoms with Crippen LogP contribution in [0.2, 0.25) is 0 Å². The largest absolute Gasteiger partial charge is 0.423 e. The molecule has 120 valence electrons. The Morgan fingerprint density at radius 1 is 1.08 bits per heavy atom. The summed E-state index contributed by atoms with van der Waals surface area (Å²) < 4.78 is 23.9. The summed E-state index contributed by atoms with van der Waals surface area (Å²) >= 11 is -1.80. The normalized spacial score (nSPS) is 17.0. The molecule has 0 fully saturated rings. The van der Waals surface area contributed by atoms with Crippen molar-refractivity contribution in [1.82, 2.24) is 0 Å². The van der Waals surface area contributed by atoms with Crippen LogP contribution in [0.5, 0.6) is 0 Å². The zero-order chi connectivity index (χ0) is 16.7. The molecule has 0 radical (unpaired) electrons. The van der Waals surface area contributed by atoms with Gasteiger partial charge in [0.05, 0.1) is 5.69 Å². The molecule has 6 nitrogen and oxygen atoms in total. The molecule has 0 amide bonds. The first kappa shape index (κ1) is 14.6. The van der Waals surface area contributed by atoms with Crippen molar-refractivity contribution in [2.24, 2.45) is 5.16 Å². The van der Waals surface area contributed by atoms with Crippen LogP contribution >= 0.6 is 0 Å². The van der Waals surface area contributed by atoms with E-state index in [9.17, 15) is 9.00 Å². The van der Waals surface area contributed by atoms with Gasteiger partial charge in [-0.3, -0.25) is 4.28 Å². The summed E-state index contributed by atoms with van der Waals surface area (Å²) in [6.07, 6.45) is 0. The van der Waals surface area contributed by atoms with E-state index < -0.39 is 16.9 Å². The van der Waals surface area contributed by atoms with E-state index in [2.05, 4.69) is 5.16 Å². The van der Waals surface area contributed by atoms with Crippen LogP contribution in [0.3, 0.4) is 0 Å². The summed E-state index contributed by atoms with van der Waals surface area (Å²) in [4.78, 5) is 11.9. The highest BCUT2D eigenvalue weighted by Gasteiger charge is 2.31. The first-order valence-electron chi connectivity index (χ1n) is 7.21. The SMILES string of the molecule is Cc1ccc(N2C(c3cc(=O)oc4ccccc34)=NOS2=O)cc1. The predicted octanol–water partition coefficient (Wildman–Crippen LogP) is 2.88. The number of para-hydroxylation sites is 1. The molecule has 1 unspecified atom stereocenters. The van der Waals surface area contributed by atoms with E-state index in [1.807, 2.05) is 43.3 Å². The topological polar surface area (TPSA) is 72.1 Å². The minimum absolute atomic E-state index is 0.307. The Morgan fingerprint density at radius 3 is 2.62 bits per heavy atom. The molecular weight excluding hydrogens is 328 g/mol. The molecule has 7 heteroatoms. The van der Waals surface area contributed by atoms with Crippen LogP contribution in [0.4, 0.5) is 5.69 Å². The summed E-state index contributed by atoms with van der Waals surface area (Å²) in [5.74, 6) is 0.307. The van der Waals surface area contributed by atoms with Gasteiger partial charge >= 0.3 is 16.9 Å². The van der Waals surface area contributed by atoms with Crippen LogP contribution in [0, 0.1) is 6.92 Å². The fraction of sp³-hybridized carbons (Fsp3) is 0.0588. The summed E-state index contributed by atoms with van der Waals surface area (Å²) in [7, 11) is 0. The minimum Gasteiger partial charge on any atom is -0.423 e. The molecule has 0 spiro atoms. The average Bonchev–Trinajstić information content (AvgIpc) is 2.96. The number of amidine groups is 1. The van der Waals surface area contributed by atoms with Crippen molar-refractivity contribution in [3.63, 3.8) is 0 Å². The fourth-order valence-corrected chi connectivity index (χ4v) is 3.32. The number of oxime groups is 1. The number of rotatable bonds is 2. The van der Waals surface area contributed by atoms with Gasteiger partial charge in [0.2, 0.25) is 0 Å². The molecule has 24 heavy (non-hydrogen) atoms. The number of aryl methyl sites for hydroxylation is 1. The Bertz CT molecular complexity index is 1040. The maximum absolute atomic E-state index is 12.3. The Balaban J connectivity index is 1.91. The maximum Gasteiger partial charge on any atom is 0.346 e. The molecule has 1 aliphatic rings. The lowest BCUT2D eigenvalue weighted by Gasteiger charge is -2.16. The van der Waals surface area contributed by atoms with E-state index in [0.29, 0.717) is 28.1 Å². The molecule has 1 aliphatic heterocycles. The van der Waals surface area contributed by atoms with Crippen LogP contribution in [-0.4, -0.2) is 10.0 Å². The Labute approximate surface area is 139 Å². The highest BCUT2D eigenvalue weighted by Crippen LogP contribution is 2.28. The average molecular weight is 340 g/mol. The fourth-order valence-electron chi connectivity index (χ4n) is 2.55. The summed E-state index contributed by atoms with van der Waals surface area (Å²) in [6.45, 7) is 1.96. The van der Waals surface area contributed by atoms with Crippen LogP contribution in [0.25, 0.3) is 11.0 Å². The Kier molecular flexibility index (Phi) is 3.42. The standard InChI is InChI=1S/C17H12N2O4S/c1-11-6-8-12(9-7-11)19-17(18-23-24(19)21)14-10-16(20)22-15-5-3-2-4-13(14)15/h2-10H,1H3. The van der Waals surface area contributed by atoms with Crippen LogP contribution in [-0.2, 0) is 15.6 Å². The van der Waals surface area contributed by atoms with Gasteiger partial charge in [0, 0.05) is 17.0 Å². The van der Waals surface area contributed by atoms with Gasteiger partial charge in [-0.05, 0) is 30.3 Å². The molecule has 2 aromatic carbocycles. The first-order valence-corrected chi connectivity index (χ1v) is 8.24. The van der Waals surface area contributed by atoms with Crippen molar-refractivity contribution in [3.8, 4) is 0 Å². The lowest BCUT2D eigenvalue weighted by molar-refractivity contribution is 0.386. The van der Waals surface area contributed by atoms with Gasteiger partial charge in [-0.2, -0.15) is 4.21 Å². The zero-order valence-corrected chi connectivity index (χ0v) is 13.4. The highest BCUT2D eigenvalue weighted by molar-refractivity contribution is 7.83. The smallest absolute Gasteiger partial charge is 0.346 e. The van der Waals surface area contributed by atoms with Gasteiger partial charge in [-0.1, -0.05) is 35.9 Å². The number of hydrogen-bond donors (Lipinski definition) is 0. The van der Waals surface area contributed by atoms with E-state index in [-0.39, 0.29) is 0 Å². The number of benzene rings is 2. The third-order valence-corrected chi connectivity index (χ3v) is 4.57. The summed E-state index contributed by atoms with van der Waals surface area (Å²) in [6, 6.07) is 15.9. The monoisotopic (exact) mass is 340 g/mol. The molecule has 0 bridgehead atoms. The molecule has 2 heterocycles. The molecule has 1 aromatic heterocycles. The lowest BCUT2D eigenvalue weighted by atomic mass is 10.1. The van der Waals surface area contributed by atoms with Crippen molar-refractivity contribution < 1.29 is 12.9 Å². The van der Waals surface area contributed by atoms with E-state index >= 15 is 0 Å².